The van der Waals surface area contributed by atoms with Gasteiger partial charge in [0, 0.05) is 21.9 Å². The molecule has 0 aromatic heterocycles. The first-order valence-corrected chi connectivity index (χ1v) is 12.6. The van der Waals surface area contributed by atoms with Crippen molar-refractivity contribution >= 4 is 29.1 Å². The van der Waals surface area contributed by atoms with E-state index in [0.717, 1.165) is 17.5 Å². The Balaban J connectivity index is 2.08. The quantitative estimate of drug-likeness (QED) is 0.362. The monoisotopic (exact) mass is 503 g/mol. The Morgan fingerprint density at radius 3 is 2.47 bits per heavy atom. The maximum atomic E-state index is 13.9. The lowest BCUT2D eigenvalue weighted by molar-refractivity contribution is -0.149. The third-order valence-corrected chi connectivity index (χ3v) is 6.88. The van der Waals surface area contributed by atoms with E-state index in [-0.39, 0.29) is 36.4 Å². The summed E-state index contributed by atoms with van der Waals surface area (Å²) in [6, 6.07) is 15.3. The van der Waals surface area contributed by atoms with Gasteiger partial charge in [-0.1, -0.05) is 60.5 Å². The molecule has 1 amide bonds. The molecule has 1 fully saturated rings. The zero-order valence-corrected chi connectivity index (χ0v) is 21.7. The summed E-state index contributed by atoms with van der Waals surface area (Å²) in [6.07, 6.45) is 3.87. The molecule has 6 heteroatoms. The Bertz CT molecular complexity index is 970. The highest BCUT2D eigenvalue weighted by Gasteiger charge is 2.45. The highest BCUT2D eigenvalue weighted by Crippen LogP contribution is 2.47. The van der Waals surface area contributed by atoms with Crippen LogP contribution in [-0.4, -0.2) is 40.8 Å². The number of carbonyl (C=O) groups excluding carboxylic acids is 1. The Labute approximate surface area is 213 Å². The molecule has 0 aliphatic carbocycles. The SMILES string of the molecule is C=CC[C@H]1C[C@H](c2cccc(Cl)c2)[C@@H](c2ccc(Cl)cc2)N([C@@H](CC)COCC(C)(C)O)C1=O. The number of halogens is 2. The summed E-state index contributed by atoms with van der Waals surface area (Å²) in [4.78, 5) is 15.9. The molecule has 2 aromatic carbocycles. The topological polar surface area (TPSA) is 49.8 Å². The maximum absolute atomic E-state index is 13.9. The van der Waals surface area contributed by atoms with Crippen molar-refractivity contribution in [2.45, 2.75) is 63.6 Å². The van der Waals surface area contributed by atoms with Gasteiger partial charge in [-0.3, -0.25) is 4.79 Å². The standard InChI is InChI=1S/C28H35Cl2NO3/c1-5-8-21-16-25(20-9-7-10-23(30)15-20)26(19-11-13-22(29)14-12-19)31(27(21)32)24(6-2)17-34-18-28(3,4)33/h5,7,9-15,21,24-26,33H,1,6,8,16-18H2,2-4H3/t21-,24-,25+,26+/m0/s1. The second-order valence-electron chi connectivity index (χ2n) is 9.75. The van der Waals surface area contributed by atoms with Gasteiger partial charge in [-0.05, 0) is 68.5 Å². The van der Waals surface area contributed by atoms with Gasteiger partial charge >= 0.3 is 0 Å². The smallest absolute Gasteiger partial charge is 0.226 e. The van der Waals surface area contributed by atoms with Crippen molar-refractivity contribution < 1.29 is 14.6 Å². The van der Waals surface area contributed by atoms with Crippen LogP contribution < -0.4 is 0 Å². The van der Waals surface area contributed by atoms with Gasteiger partial charge in [-0.2, -0.15) is 0 Å². The number of hydrogen-bond acceptors (Lipinski definition) is 3. The maximum Gasteiger partial charge on any atom is 0.226 e. The van der Waals surface area contributed by atoms with Crippen molar-refractivity contribution in [1.82, 2.24) is 4.90 Å². The van der Waals surface area contributed by atoms with Crippen LogP contribution in [0.2, 0.25) is 10.0 Å². The fourth-order valence-corrected chi connectivity index (χ4v) is 5.16. The largest absolute Gasteiger partial charge is 0.388 e. The molecule has 4 atom stereocenters. The third kappa shape index (κ3) is 6.63. The molecule has 1 saturated heterocycles. The first-order valence-electron chi connectivity index (χ1n) is 11.9. The number of rotatable bonds is 10. The molecule has 184 valence electrons. The summed E-state index contributed by atoms with van der Waals surface area (Å²) in [5.41, 5.74) is 1.20. The molecular weight excluding hydrogens is 469 g/mol. The van der Waals surface area contributed by atoms with Crippen LogP contribution in [0.3, 0.4) is 0 Å². The molecule has 0 unspecified atom stereocenters. The third-order valence-electron chi connectivity index (χ3n) is 6.39. The second kappa shape index (κ2) is 11.7. The van der Waals surface area contributed by atoms with E-state index in [4.69, 9.17) is 27.9 Å². The van der Waals surface area contributed by atoms with E-state index < -0.39 is 5.60 Å². The lowest BCUT2D eigenvalue weighted by atomic mass is 9.74. The predicted molar refractivity (Wildman–Crippen MR) is 139 cm³/mol. The molecule has 2 aromatic rings. The molecule has 0 spiro atoms. The molecule has 1 heterocycles. The fraction of sp³-hybridized carbons (Fsp3) is 0.464. The van der Waals surface area contributed by atoms with Gasteiger partial charge < -0.3 is 14.7 Å². The van der Waals surface area contributed by atoms with E-state index in [1.54, 1.807) is 13.8 Å². The van der Waals surface area contributed by atoms with Crippen LogP contribution in [-0.2, 0) is 9.53 Å². The Kier molecular flexibility index (Phi) is 9.22. The van der Waals surface area contributed by atoms with Crippen molar-refractivity contribution in [3.05, 3.63) is 82.4 Å². The number of allylic oxidation sites excluding steroid dienone is 1. The van der Waals surface area contributed by atoms with Crippen LogP contribution in [0.1, 0.15) is 63.1 Å². The van der Waals surface area contributed by atoms with Crippen molar-refractivity contribution in [2.75, 3.05) is 13.2 Å². The van der Waals surface area contributed by atoms with Gasteiger partial charge in [0.25, 0.3) is 0 Å². The van der Waals surface area contributed by atoms with Crippen LogP contribution in [0.15, 0.2) is 61.2 Å². The molecule has 34 heavy (non-hydrogen) atoms. The molecule has 1 aliphatic heterocycles. The Morgan fingerprint density at radius 1 is 1.18 bits per heavy atom. The van der Waals surface area contributed by atoms with E-state index >= 15 is 0 Å². The van der Waals surface area contributed by atoms with E-state index in [1.807, 2.05) is 53.4 Å². The molecule has 0 saturated carbocycles. The summed E-state index contributed by atoms with van der Waals surface area (Å²) in [5.74, 6) is -0.0175. The minimum Gasteiger partial charge on any atom is -0.388 e. The van der Waals surface area contributed by atoms with Crippen molar-refractivity contribution in [3.63, 3.8) is 0 Å². The van der Waals surface area contributed by atoms with E-state index in [1.165, 1.54) is 0 Å². The molecule has 4 nitrogen and oxygen atoms in total. The van der Waals surface area contributed by atoms with Crippen LogP contribution in [0.4, 0.5) is 0 Å². The number of ether oxygens (including phenoxy) is 1. The average molecular weight is 504 g/mol. The summed E-state index contributed by atoms with van der Waals surface area (Å²) in [6.45, 7) is 9.94. The van der Waals surface area contributed by atoms with E-state index in [2.05, 4.69) is 19.6 Å². The van der Waals surface area contributed by atoms with E-state index in [0.29, 0.717) is 29.5 Å². The lowest BCUT2D eigenvalue weighted by Crippen LogP contribution is -2.53. The van der Waals surface area contributed by atoms with Crippen molar-refractivity contribution in [1.29, 1.82) is 0 Å². The number of nitrogens with zero attached hydrogens (tertiary/aromatic N) is 1. The number of likely N-dealkylation sites (tertiary alicyclic amines) is 1. The van der Waals surface area contributed by atoms with Gasteiger partial charge in [-0.25, -0.2) is 0 Å². The average Bonchev–Trinajstić information content (AvgIpc) is 2.78. The minimum absolute atomic E-state index is 0.0471. The number of carbonyl (C=O) groups is 1. The number of amides is 1. The second-order valence-corrected chi connectivity index (χ2v) is 10.6. The lowest BCUT2D eigenvalue weighted by Gasteiger charge is -2.48. The first kappa shape index (κ1) is 26.7. The predicted octanol–water partition coefficient (Wildman–Crippen LogP) is 6.81. The van der Waals surface area contributed by atoms with Gasteiger partial charge in [-0.15, -0.1) is 6.58 Å². The summed E-state index contributed by atoms with van der Waals surface area (Å²) in [5, 5.41) is 11.4. The highest BCUT2D eigenvalue weighted by molar-refractivity contribution is 6.30. The zero-order valence-electron chi connectivity index (χ0n) is 20.2. The Hall–Kier alpha value is -1.85. The van der Waals surface area contributed by atoms with Crippen LogP contribution in [0, 0.1) is 5.92 Å². The van der Waals surface area contributed by atoms with Crippen LogP contribution in [0.25, 0.3) is 0 Å². The molecule has 1 aliphatic rings. The van der Waals surface area contributed by atoms with Crippen molar-refractivity contribution in [2.24, 2.45) is 5.92 Å². The van der Waals surface area contributed by atoms with Gasteiger partial charge in [0.05, 0.1) is 30.9 Å². The fourth-order valence-electron chi connectivity index (χ4n) is 4.83. The van der Waals surface area contributed by atoms with Gasteiger partial charge in [0.1, 0.15) is 0 Å². The van der Waals surface area contributed by atoms with Crippen LogP contribution >= 0.6 is 23.2 Å². The molecule has 0 radical (unpaired) electrons. The first-order chi connectivity index (χ1) is 16.1. The van der Waals surface area contributed by atoms with Gasteiger partial charge in [0.2, 0.25) is 5.91 Å². The minimum atomic E-state index is -0.936. The zero-order chi connectivity index (χ0) is 24.9. The molecule has 3 rings (SSSR count). The number of aliphatic hydroxyl groups is 1. The van der Waals surface area contributed by atoms with E-state index in [9.17, 15) is 9.90 Å². The molecule has 1 N–H and O–H groups in total. The summed E-state index contributed by atoms with van der Waals surface area (Å²) in [7, 11) is 0. The summed E-state index contributed by atoms with van der Waals surface area (Å²) >= 11 is 12.6. The number of hydrogen-bond donors (Lipinski definition) is 1. The van der Waals surface area contributed by atoms with Crippen molar-refractivity contribution in [3.8, 4) is 0 Å². The van der Waals surface area contributed by atoms with Gasteiger partial charge in [0.15, 0.2) is 0 Å². The van der Waals surface area contributed by atoms with Crippen LogP contribution in [0.5, 0.6) is 0 Å². The highest BCUT2D eigenvalue weighted by atomic mass is 35.5. The number of benzene rings is 2. The number of piperidine rings is 1. The summed E-state index contributed by atoms with van der Waals surface area (Å²) < 4.78 is 5.91. The Morgan fingerprint density at radius 2 is 1.88 bits per heavy atom. The molecule has 0 bridgehead atoms. The molecular formula is C28H35Cl2NO3. The normalized spacial score (nSPS) is 22.0.